The number of unbranched alkanes of at least 4 members (excludes halogenated alkanes) is 2. The van der Waals surface area contributed by atoms with Crippen molar-refractivity contribution in [1.82, 2.24) is 42.5 Å². The first-order valence-corrected chi connectivity index (χ1v) is 25.6. The van der Waals surface area contributed by atoms with Crippen molar-refractivity contribution >= 4 is 59.1 Å². The number of carbonyl (C=O) groups is 10. The molecule has 77 heavy (non-hydrogen) atoms. The first kappa shape index (κ1) is 67.4. The number of carboxylic acid groups (broad SMARTS) is 1. The third kappa shape index (κ3) is 23.0. The van der Waals surface area contributed by atoms with E-state index in [1.165, 1.54) is 34.6 Å². The summed E-state index contributed by atoms with van der Waals surface area (Å²) in [7, 11) is 0. The summed E-state index contributed by atoms with van der Waals surface area (Å²) in [6.07, 6.45) is -12.2. The van der Waals surface area contributed by atoms with Gasteiger partial charge in [-0.05, 0) is 72.1 Å². The Kier molecular flexibility index (Phi) is 30.0. The largest absolute Gasteiger partial charge is 0.480 e. The summed E-state index contributed by atoms with van der Waals surface area (Å²) in [4.78, 5) is 126. The second-order valence-corrected chi connectivity index (χ2v) is 18.9. The van der Waals surface area contributed by atoms with Gasteiger partial charge in [0.1, 0.15) is 85.0 Å². The van der Waals surface area contributed by atoms with E-state index >= 15 is 0 Å². The smallest absolute Gasteiger partial charge is 0.320 e. The zero-order valence-corrected chi connectivity index (χ0v) is 44.7. The van der Waals surface area contributed by atoms with Gasteiger partial charge in [0, 0.05) is 46.9 Å². The highest BCUT2D eigenvalue weighted by molar-refractivity contribution is 5.93. The second-order valence-electron chi connectivity index (χ2n) is 18.9. The van der Waals surface area contributed by atoms with Crippen molar-refractivity contribution in [3.05, 3.63) is 0 Å². The van der Waals surface area contributed by atoms with Crippen LogP contribution in [0.15, 0.2) is 0 Å². The Balaban J connectivity index is 2.22. The molecule has 0 unspecified atom stereocenters. The number of aliphatic hydroxyl groups is 4. The molecule has 0 saturated carbocycles. The van der Waals surface area contributed by atoms with Crippen LogP contribution in [-0.2, 0) is 71.6 Å². The first-order chi connectivity index (χ1) is 36.3. The van der Waals surface area contributed by atoms with E-state index in [1.807, 2.05) is 0 Å². The minimum absolute atomic E-state index is 0.0736. The fourth-order valence-electron chi connectivity index (χ4n) is 8.06. The van der Waals surface area contributed by atoms with Crippen LogP contribution in [0.5, 0.6) is 0 Å². The third-order valence-corrected chi connectivity index (χ3v) is 12.3. The topological polar surface area (TPSA) is 466 Å². The molecule has 0 radical (unpaired) electrons. The molecule has 440 valence electrons. The maximum atomic E-state index is 13.8. The average Bonchev–Trinajstić information content (AvgIpc) is 3.36. The SMILES string of the molecule is CCCO[C@H]1O[C@H](CO)[C@@H](O[C@@H]2O[C@H](CO)[C@@H](O)[C@H](O)[C@H]2NC(C)=O)[C@H](O[C@H](C)C(=O)N[C@@H](C)C(=O)N[C@H](CCC(=O)N[C@@H](CCCCNC(C)=O)C(=O)N[C@H](C)C(=O)NCCCC[C@H](N)C(=O)O)C(N)=O)[C@H]1NC(C)=O. The number of primary amides is 1. The Morgan fingerprint density at radius 2 is 1.19 bits per heavy atom. The van der Waals surface area contributed by atoms with E-state index in [0.29, 0.717) is 32.1 Å². The van der Waals surface area contributed by atoms with Crippen molar-refractivity contribution < 1.29 is 97.2 Å². The Hall–Kier alpha value is -5.70. The van der Waals surface area contributed by atoms with Crippen LogP contribution in [-0.4, -0.2) is 215 Å². The van der Waals surface area contributed by atoms with E-state index < -0.39 is 170 Å². The van der Waals surface area contributed by atoms with Gasteiger partial charge in [-0.15, -0.1) is 0 Å². The molecule has 0 aliphatic carbocycles. The molecule has 30 nitrogen and oxygen atoms in total. The van der Waals surface area contributed by atoms with E-state index in [1.54, 1.807) is 6.92 Å². The molecule has 30 heteroatoms. The normalized spacial score (nSPS) is 25.5. The summed E-state index contributed by atoms with van der Waals surface area (Å²) in [5, 5.41) is 71.3. The number of nitrogens with one attached hydrogen (secondary N) is 8. The summed E-state index contributed by atoms with van der Waals surface area (Å²) in [5.74, 6) is -7.63. The van der Waals surface area contributed by atoms with Crippen LogP contribution in [0.25, 0.3) is 0 Å². The lowest BCUT2D eigenvalue weighted by Gasteiger charge is -2.49. The van der Waals surface area contributed by atoms with E-state index in [-0.39, 0.29) is 44.9 Å². The van der Waals surface area contributed by atoms with Crippen molar-refractivity contribution in [2.75, 3.05) is 32.9 Å². The molecule has 17 N–H and O–H groups in total. The molecule has 0 spiro atoms. The van der Waals surface area contributed by atoms with Crippen LogP contribution in [0.1, 0.15) is 106 Å². The lowest BCUT2D eigenvalue weighted by atomic mass is 9.94. The highest BCUT2D eigenvalue weighted by atomic mass is 16.7. The number of aliphatic carboxylic acids is 1. The minimum atomic E-state index is -1.75. The van der Waals surface area contributed by atoms with Crippen LogP contribution >= 0.6 is 0 Å². The fraction of sp³-hybridized carbons (Fsp3) is 0.787. The number of hydrogen-bond donors (Lipinski definition) is 15. The molecule has 2 aliphatic rings. The molecule has 2 rings (SSSR count). The first-order valence-electron chi connectivity index (χ1n) is 25.6. The van der Waals surface area contributed by atoms with Gasteiger partial charge in [0.05, 0.1) is 13.2 Å². The van der Waals surface area contributed by atoms with Gasteiger partial charge < -0.3 is 103 Å². The number of rotatable bonds is 34. The van der Waals surface area contributed by atoms with Gasteiger partial charge in [0.2, 0.25) is 53.2 Å². The predicted octanol–water partition coefficient (Wildman–Crippen LogP) is -6.01. The summed E-state index contributed by atoms with van der Waals surface area (Å²) in [6.45, 7) is 8.34. The van der Waals surface area contributed by atoms with E-state index in [9.17, 15) is 68.4 Å². The van der Waals surface area contributed by atoms with Crippen molar-refractivity contribution in [3.8, 4) is 0 Å². The molecule has 0 bridgehead atoms. The van der Waals surface area contributed by atoms with Crippen LogP contribution in [0, 0.1) is 0 Å². The lowest BCUT2D eigenvalue weighted by molar-refractivity contribution is -0.337. The zero-order chi connectivity index (χ0) is 58.1. The molecule has 2 saturated heterocycles. The number of carboxylic acids is 1. The third-order valence-electron chi connectivity index (χ3n) is 12.3. The van der Waals surface area contributed by atoms with Gasteiger partial charge in [0.15, 0.2) is 12.6 Å². The second kappa shape index (κ2) is 34.2. The molecular weight excluding hydrogens is 1020 g/mol. The van der Waals surface area contributed by atoms with Gasteiger partial charge in [-0.1, -0.05) is 6.92 Å². The van der Waals surface area contributed by atoms with Gasteiger partial charge in [-0.3, -0.25) is 47.9 Å². The average molecular weight is 1110 g/mol. The Bertz CT molecular complexity index is 1970. The standard InChI is InChI=1S/C47H82N10O20/c1-8-19-73-46-35(55-27(7)62)39(38(32(21-59)76-46)77-47-34(54-26(6)61)37(65)36(64)31(20-58)75-47)74-24(4)43(69)52-23(3)42(68)57-29(40(49)66)15-16-33(63)56-30(14-10-12-17-50-25(5)60)44(70)53-22(2)41(67)51-18-11-9-13-28(48)45(71)72/h22-24,28-32,34-39,46-47,58-59,64-65H,8-21,48H2,1-7H3,(H2,49,66)(H,50,60)(H,51,67)(H,52,69)(H,53,70)(H,54,61)(H,55,62)(H,56,63)(H,57,68)(H,71,72)/t22-,23+,24-,28+,29-,30+,31-,32-,34-,35-,36-,37-,38-,39-,46+,47+/m1/s1. The molecule has 0 aromatic carbocycles. The molecule has 2 fully saturated rings. The maximum absolute atomic E-state index is 13.8. The van der Waals surface area contributed by atoms with Crippen molar-refractivity contribution in [1.29, 1.82) is 0 Å². The van der Waals surface area contributed by atoms with Crippen LogP contribution in [0.3, 0.4) is 0 Å². The van der Waals surface area contributed by atoms with Gasteiger partial charge in [-0.25, -0.2) is 0 Å². The van der Waals surface area contributed by atoms with Gasteiger partial charge >= 0.3 is 5.97 Å². The number of ether oxygens (including phenoxy) is 5. The molecule has 0 aromatic rings. The summed E-state index contributed by atoms with van der Waals surface area (Å²) in [6, 6.07) is -8.92. The van der Waals surface area contributed by atoms with E-state index in [2.05, 4.69) is 42.5 Å². The number of hydrogen-bond acceptors (Lipinski definition) is 20. The Morgan fingerprint density at radius 3 is 1.77 bits per heavy atom. The van der Waals surface area contributed by atoms with E-state index in [0.717, 1.165) is 6.92 Å². The number of aliphatic hydroxyl groups excluding tert-OH is 4. The lowest BCUT2D eigenvalue weighted by Crippen LogP contribution is -2.70. The highest BCUT2D eigenvalue weighted by Gasteiger charge is 2.53. The minimum Gasteiger partial charge on any atom is -0.480 e. The monoisotopic (exact) mass is 1110 g/mol. The number of carbonyl (C=O) groups excluding carboxylic acids is 9. The summed E-state index contributed by atoms with van der Waals surface area (Å²) < 4.78 is 30.1. The van der Waals surface area contributed by atoms with E-state index in [4.69, 9.17) is 40.3 Å². The highest BCUT2D eigenvalue weighted by Crippen LogP contribution is 2.32. The summed E-state index contributed by atoms with van der Waals surface area (Å²) in [5.41, 5.74) is 11.1. The molecule has 0 aromatic heterocycles. The van der Waals surface area contributed by atoms with Crippen molar-refractivity contribution in [2.24, 2.45) is 11.5 Å². The molecule has 16 atom stereocenters. The van der Waals surface area contributed by atoms with Crippen LogP contribution in [0.2, 0.25) is 0 Å². The molecule has 2 aliphatic heterocycles. The van der Waals surface area contributed by atoms with Crippen LogP contribution < -0.4 is 54.0 Å². The number of amides is 9. The van der Waals surface area contributed by atoms with Crippen molar-refractivity contribution in [3.63, 3.8) is 0 Å². The number of nitrogens with two attached hydrogens (primary N) is 2. The quantitative estimate of drug-likeness (QED) is 0.0267. The van der Waals surface area contributed by atoms with Gasteiger partial charge in [-0.2, -0.15) is 0 Å². The van der Waals surface area contributed by atoms with Crippen molar-refractivity contribution in [2.45, 2.75) is 204 Å². The Morgan fingerprint density at radius 1 is 0.623 bits per heavy atom. The van der Waals surface area contributed by atoms with Crippen LogP contribution in [0.4, 0.5) is 0 Å². The Labute approximate surface area is 446 Å². The van der Waals surface area contributed by atoms with Gasteiger partial charge in [0.25, 0.3) is 0 Å². The molecule has 9 amide bonds. The molecular formula is C47H82N10O20. The predicted molar refractivity (Wildman–Crippen MR) is 267 cm³/mol. The summed E-state index contributed by atoms with van der Waals surface area (Å²) >= 11 is 0. The zero-order valence-electron chi connectivity index (χ0n) is 44.7. The maximum Gasteiger partial charge on any atom is 0.320 e. The fourth-order valence-corrected chi connectivity index (χ4v) is 8.06. The molecule has 2 heterocycles.